The SMILES string of the molecule is CC1(C)CN(c2ccccc2NC(=O)NC2C=CC(OC(F)(F)F)=CC2)c2c(O)cc(F)c(-c3ccc(Cl)s3)c21. The number of carbonyl (C=O) groups is 1. The Morgan fingerprint density at radius 3 is 2.62 bits per heavy atom. The van der Waals surface area contributed by atoms with Gasteiger partial charge in [0.2, 0.25) is 0 Å². The molecule has 1 aliphatic carbocycles. The number of ether oxygens (including phenoxy) is 1. The van der Waals surface area contributed by atoms with E-state index in [4.69, 9.17) is 11.6 Å². The van der Waals surface area contributed by atoms with Gasteiger partial charge in [-0.1, -0.05) is 43.7 Å². The summed E-state index contributed by atoms with van der Waals surface area (Å²) < 4.78 is 57.0. The Kier molecular flexibility index (Phi) is 7.22. The number of para-hydroxylation sites is 2. The summed E-state index contributed by atoms with van der Waals surface area (Å²) in [5, 5.41) is 16.4. The van der Waals surface area contributed by atoms with Crippen molar-refractivity contribution in [3.05, 3.63) is 82.2 Å². The summed E-state index contributed by atoms with van der Waals surface area (Å²) in [6, 6.07) is 10.4. The number of rotatable bonds is 5. The van der Waals surface area contributed by atoms with Crippen molar-refractivity contribution >= 4 is 46.0 Å². The lowest BCUT2D eigenvalue weighted by Gasteiger charge is -2.26. The van der Waals surface area contributed by atoms with Crippen LogP contribution >= 0.6 is 22.9 Å². The van der Waals surface area contributed by atoms with Crippen molar-refractivity contribution in [1.82, 2.24) is 5.32 Å². The average Bonchev–Trinajstić information content (AvgIpc) is 3.40. The number of benzene rings is 2. The molecule has 0 spiro atoms. The highest BCUT2D eigenvalue weighted by Crippen LogP contribution is 2.55. The predicted octanol–water partition coefficient (Wildman–Crippen LogP) is 8.21. The summed E-state index contributed by atoms with van der Waals surface area (Å²) in [7, 11) is 0. The molecular weight excluding hydrogens is 570 g/mol. The fourth-order valence-corrected chi connectivity index (χ4v) is 6.16. The summed E-state index contributed by atoms with van der Waals surface area (Å²) in [5.41, 5.74) is 1.82. The summed E-state index contributed by atoms with van der Waals surface area (Å²) in [6.45, 7) is 4.28. The van der Waals surface area contributed by atoms with Gasteiger partial charge in [0.15, 0.2) is 0 Å². The van der Waals surface area contributed by atoms with Crippen LogP contribution in [0.5, 0.6) is 5.75 Å². The van der Waals surface area contributed by atoms with Crippen molar-refractivity contribution in [3.8, 4) is 16.2 Å². The lowest BCUT2D eigenvalue weighted by Crippen LogP contribution is -2.37. The Morgan fingerprint density at radius 1 is 1.23 bits per heavy atom. The quantitative estimate of drug-likeness (QED) is 0.261. The standard InChI is InChI=1S/C28H24ClF4N3O3S/c1-27(2)14-36(25-20(37)13-17(30)23(24(25)27)21-11-12-22(29)40-21)19-6-4-3-5-18(19)35-26(38)34-15-7-9-16(10-8-15)39-28(31,32)33/h3-7,9-13,15,37H,8,14H2,1-2H3,(H2,34,35,38). The van der Waals surface area contributed by atoms with Gasteiger partial charge in [-0.3, -0.25) is 0 Å². The number of carbonyl (C=O) groups excluding carboxylic acids is 1. The zero-order chi connectivity index (χ0) is 28.8. The van der Waals surface area contributed by atoms with Crippen LogP contribution in [0, 0.1) is 5.82 Å². The molecule has 3 aromatic rings. The van der Waals surface area contributed by atoms with Gasteiger partial charge < -0.3 is 25.4 Å². The van der Waals surface area contributed by atoms with Gasteiger partial charge in [-0.05, 0) is 48.4 Å². The number of hydrogen-bond donors (Lipinski definition) is 3. The molecule has 3 N–H and O–H groups in total. The number of nitrogens with zero attached hydrogens (tertiary/aromatic N) is 1. The molecule has 1 unspecified atom stereocenters. The zero-order valence-corrected chi connectivity index (χ0v) is 22.8. The normalized spacial score (nSPS) is 17.8. The summed E-state index contributed by atoms with van der Waals surface area (Å²) in [4.78, 5) is 15.3. The Balaban J connectivity index is 1.41. The molecule has 0 radical (unpaired) electrons. The van der Waals surface area contributed by atoms with Crippen LogP contribution in [0.15, 0.2) is 66.5 Å². The van der Waals surface area contributed by atoms with E-state index < -0.39 is 29.7 Å². The van der Waals surface area contributed by atoms with Crippen LogP contribution in [0.3, 0.4) is 0 Å². The van der Waals surface area contributed by atoms with E-state index in [-0.39, 0.29) is 17.9 Å². The molecule has 1 aromatic heterocycles. The average molecular weight is 594 g/mol. The molecule has 2 aromatic carbocycles. The molecular formula is C28H24ClF4N3O3S. The maximum atomic E-state index is 15.3. The Labute approximate surface area is 236 Å². The molecule has 12 heteroatoms. The van der Waals surface area contributed by atoms with Gasteiger partial charge in [0.05, 0.1) is 27.4 Å². The van der Waals surface area contributed by atoms with Crippen molar-refractivity contribution in [2.24, 2.45) is 0 Å². The fourth-order valence-electron chi connectivity index (χ4n) is 5.07. The van der Waals surface area contributed by atoms with E-state index in [1.54, 1.807) is 36.4 Å². The van der Waals surface area contributed by atoms with Crippen LogP contribution < -0.4 is 15.5 Å². The molecule has 40 heavy (non-hydrogen) atoms. The number of fused-ring (bicyclic) bond motifs is 1. The third-order valence-corrected chi connectivity index (χ3v) is 7.86. The van der Waals surface area contributed by atoms with Crippen LogP contribution in [-0.2, 0) is 10.2 Å². The summed E-state index contributed by atoms with van der Waals surface area (Å²) in [5.74, 6) is -1.14. The first-order chi connectivity index (χ1) is 18.8. The maximum absolute atomic E-state index is 15.3. The predicted molar refractivity (Wildman–Crippen MR) is 148 cm³/mol. The second-order valence-electron chi connectivity index (χ2n) is 10.0. The summed E-state index contributed by atoms with van der Waals surface area (Å²) in [6.07, 6.45) is -0.871. The van der Waals surface area contributed by atoms with Gasteiger partial charge in [-0.15, -0.1) is 24.5 Å². The molecule has 0 saturated carbocycles. The van der Waals surface area contributed by atoms with Crippen molar-refractivity contribution in [1.29, 1.82) is 0 Å². The lowest BCUT2D eigenvalue weighted by atomic mass is 9.83. The Morgan fingerprint density at radius 2 is 1.98 bits per heavy atom. The topological polar surface area (TPSA) is 73.8 Å². The molecule has 2 amide bonds. The smallest absolute Gasteiger partial charge is 0.506 e. The van der Waals surface area contributed by atoms with E-state index in [1.807, 2.05) is 18.7 Å². The number of halogens is 5. The highest BCUT2D eigenvalue weighted by atomic mass is 35.5. The van der Waals surface area contributed by atoms with E-state index in [9.17, 15) is 23.1 Å². The monoisotopic (exact) mass is 593 g/mol. The molecule has 2 aliphatic rings. The first-order valence-corrected chi connectivity index (χ1v) is 13.4. The molecule has 1 atom stereocenters. The van der Waals surface area contributed by atoms with Crippen molar-refractivity contribution < 1.29 is 32.2 Å². The number of aromatic hydroxyl groups is 1. The third-order valence-electron chi connectivity index (χ3n) is 6.61. The number of nitrogens with one attached hydrogen (secondary N) is 2. The first-order valence-electron chi connectivity index (χ1n) is 12.2. The van der Waals surface area contributed by atoms with Gasteiger partial charge in [0.1, 0.15) is 17.3 Å². The maximum Gasteiger partial charge on any atom is 0.573 e. The first kappa shape index (κ1) is 27.9. The minimum Gasteiger partial charge on any atom is -0.506 e. The van der Waals surface area contributed by atoms with Gasteiger partial charge in [0.25, 0.3) is 0 Å². The molecule has 6 nitrogen and oxygen atoms in total. The molecule has 2 heterocycles. The van der Waals surface area contributed by atoms with Gasteiger partial charge in [-0.25, -0.2) is 9.18 Å². The van der Waals surface area contributed by atoms with E-state index in [2.05, 4.69) is 15.4 Å². The van der Waals surface area contributed by atoms with Crippen LogP contribution in [-0.4, -0.2) is 30.1 Å². The van der Waals surface area contributed by atoms with Gasteiger partial charge >= 0.3 is 12.4 Å². The Bertz CT molecular complexity index is 1530. The molecule has 1 aliphatic heterocycles. The van der Waals surface area contributed by atoms with E-state index >= 15 is 4.39 Å². The number of allylic oxidation sites excluding steroid dienone is 1. The van der Waals surface area contributed by atoms with Crippen LogP contribution in [0.1, 0.15) is 25.8 Å². The van der Waals surface area contributed by atoms with Crippen LogP contribution in [0.4, 0.5) is 39.4 Å². The van der Waals surface area contributed by atoms with Crippen molar-refractivity contribution in [2.45, 2.75) is 38.1 Å². The molecule has 5 rings (SSSR count). The number of anilines is 3. The second kappa shape index (κ2) is 10.4. The fraction of sp³-hybridized carbons (Fsp3) is 0.250. The minimum absolute atomic E-state index is 0.111. The molecule has 210 valence electrons. The van der Waals surface area contributed by atoms with Crippen LogP contribution in [0.2, 0.25) is 4.34 Å². The number of amides is 2. The number of urea groups is 1. The number of phenolic OH excluding ortho intramolecular Hbond substituents is 1. The number of alkyl halides is 3. The highest BCUT2D eigenvalue weighted by Gasteiger charge is 2.42. The van der Waals surface area contributed by atoms with Gasteiger partial charge in [-0.2, -0.15) is 0 Å². The summed E-state index contributed by atoms with van der Waals surface area (Å²) >= 11 is 7.39. The highest BCUT2D eigenvalue weighted by molar-refractivity contribution is 7.19. The minimum atomic E-state index is -4.79. The van der Waals surface area contributed by atoms with E-state index in [0.29, 0.717) is 43.9 Å². The number of phenols is 1. The van der Waals surface area contributed by atoms with Crippen molar-refractivity contribution in [3.63, 3.8) is 0 Å². The van der Waals surface area contributed by atoms with E-state index in [1.165, 1.54) is 23.5 Å². The van der Waals surface area contributed by atoms with Crippen LogP contribution in [0.25, 0.3) is 10.4 Å². The zero-order valence-electron chi connectivity index (χ0n) is 21.3. The molecule has 0 fully saturated rings. The second-order valence-corrected chi connectivity index (χ2v) is 11.7. The largest absolute Gasteiger partial charge is 0.573 e. The van der Waals surface area contributed by atoms with Crippen molar-refractivity contribution in [2.75, 3.05) is 16.8 Å². The van der Waals surface area contributed by atoms with E-state index in [0.717, 1.165) is 12.1 Å². The molecule has 0 saturated heterocycles. The van der Waals surface area contributed by atoms with Gasteiger partial charge in [0, 0.05) is 28.5 Å². The lowest BCUT2D eigenvalue weighted by molar-refractivity contribution is -0.303. The Hall–Kier alpha value is -3.70. The number of hydrogen-bond acceptors (Lipinski definition) is 5. The third kappa shape index (κ3) is 5.62. The number of thiophene rings is 1. The molecule has 0 bridgehead atoms.